The van der Waals surface area contributed by atoms with Gasteiger partial charge in [-0.2, -0.15) is 5.26 Å². The van der Waals surface area contributed by atoms with Crippen molar-refractivity contribution in [2.45, 2.75) is 38.5 Å². The summed E-state index contributed by atoms with van der Waals surface area (Å²) in [6.07, 6.45) is 2.08. The Balaban J connectivity index is 1.56. The fraction of sp³-hybridized carbons (Fsp3) is 0.545. The maximum absolute atomic E-state index is 9.41. The molecule has 148 valence electrons. The van der Waals surface area contributed by atoms with Crippen molar-refractivity contribution in [2.24, 2.45) is 0 Å². The molecule has 1 aromatic carbocycles. The second kappa shape index (κ2) is 7.67. The fourth-order valence-corrected chi connectivity index (χ4v) is 4.56. The third kappa shape index (κ3) is 3.97. The molecule has 0 aliphatic carbocycles. The highest BCUT2D eigenvalue weighted by Gasteiger charge is 2.31. The molecule has 0 radical (unpaired) electrons. The molecule has 2 aromatic rings. The quantitative estimate of drug-likeness (QED) is 0.883. The van der Waals surface area contributed by atoms with Crippen LogP contribution in [0.2, 0.25) is 0 Å². The molecule has 4 rings (SSSR count). The molecule has 0 spiro atoms. The van der Waals surface area contributed by atoms with Gasteiger partial charge in [-0.3, -0.25) is 9.88 Å². The van der Waals surface area contributed by atoms with Gasteiger partial charge in [-0.25, -0.2) is 0 Å². The predicted molar refractivity (Wildman–Crippen MR) is 112 cm³/mol. The highest BCUT2D eigenvalue weighted by atomic mass is 16.5. The summed E-state index contributed by atoms with van der Waals surface area (Å²) in [5.41, 5.74) is 2.69. The van der Waals surface area contributed by atoms with Gasteiger partial charge < -0.3 is 15.0 Å². The monoisotopic (exact) mass is 379 g/mol. The van der Waals surface area contributed by atoms with Gasteiger partial charge in [-0.1, -0.05) is 0 Å². The predicted octanol–water partition coefficient (Wildman–Crippen LogP) is 2.38. The Labute approximate surface area is 167 Å². The first kappa shape index (κ1) is 19.1. The van der Waals surface area contributed by atoms with Crippen molar-refractivity contribution in [3.05, 3.63) is 36.0 Å². The number of hydrogen-bond acceptors (Lipinski definition) is 6. The number of piperazine rings is 1. The number of anilines is 1. The molecule has 2 fully saturated rings. The van der Waals surface area contributed by atoms with E-state index in [0.29, 0.717) is 5.56 Å². The van der Waals surface area contributed by atoms with E-state index in [0.717, 1.165) is 55.9 Å². The van der Waals surface area contributed by atoms with E-state index in [-0.39, 0.29) is 17.7 Å². The van der Waals surface area contributed by atoms with E-state index in [1.54, 1.807) is 6.20 Å². The zero-order chi connectivity index (χ0) is 19.7. The van der Waals surface area contributed by atoms with Crippen LogP contribution < -0.4 is 10.2 Å². The SMILES string of the molecule is C[C@@H]1CN(c2ccc(C#N)c3ncccc23)C[C@@H](CN2CCNC(C)(C)C2)O1. The molecule has 3 heterocycles. The van der Waals surface area contributed by atoms with Crippen molar-refractivity contribution in [1.29, 1.82) is 5.26 Å². The smallest absolute Gasteiger partial charge is 0.101 e. The summed E-state index contributed by atoms with van der Waals surface area (Å²) in [5, 5.41) is 14.0. The summed E-state index contributed by atoms with van der Waals surface area (Å²) in [6.45, 7) is 12.4. The Morgan fingerprint density at radius 1 is 1.32 bits per heavy atom. The normalized spacial score (nSPS) is 25.6. The highest BCUT2D eigenvalue weighted by Crippen LogP contribution is 2.30. The molecule has 2 saturated heterocycles. The minimum atomic E-state index is 0.146. The minimum absolute atomic E-state index is 0.146. The van der Waals surface area contributed by atoms with Gasteiger partial charge in [0, 0.05) is 62.1 Å². The van der Waals surface area contributed by atoms with Crippen LogP contribution in [0.5, 0.6) is 0 Å². The molecule has 2 atom stereocenters. The van der Waals surface area contributed by atoms with Crippen molar-refractivity contribution in [2.75, 3.05) is 44.2 Å². The molecule has 0 saturated carbocycles. The van der Waals surface area contributed by atoms with E-state index in [2.05, 4.69) is 59.1 Å². The lowest BCUT2D eigenvalue weighted by Crippen LogP contribution is -2.60. The van der Waals surface area contributed by atoms with Crippen LogP contribution in [0.4, 0.5) is 5.69 Å². The Morgan fingerprint density at radius 3 is 2.96 bits per heavy atom. The van der Waals surface area contributed by atoms with E-state index in [1.807, 2.05) is 12.1 Å². The number of benzene rings is 1. The molecule has 6 heteroatoms. The molecule has 6 nitrogen and oxygen atoms in total. The second-order valence-corrected chi connectivity index (χ2v) is 8.66. The maximum Gasteiger partial charge on any atom is 0.101 e. The topological polar surface area (TPSA) is 64.4 Å². The molecular weight excluding hydrogens is 350 g/mol. The van der Waals surface area contributed by atoms with Crippen LogP contribution in [0.15, 0.2) is 30.5 Å². The van der Waals surface area contributed by atoms with Crippen molar-refractivity contribution < 1.29 is 4.74 Å². The van der Waals surface area contributed by atoms with Gasteiger partial charge >= 0.3 is 0 Å². The summed E-state index contributed by atoms with van der Waals surface area (Å²) in [7, 11) is 0. The number of nitrogens with one attached hydrogen (secondary N) is 1. The number of hydrogen-bond donors (Lipinski definition) is 1. The molecule has 1 N–H and O–H groups in total. The molecule has 2 aliphatic heterocycles. The third-order valence-electron chi connectivity index (χ3n) is 5.65. The Kier molecular flexibility index (Phi) is 5.24. The van der Waals surface area contributed by atoms with Gasteiger partial charge in [0.05, 0.1) is 23.3 Å². The first-order valence-corrected chi connectivity index (χ1v) is 10.1. The average Bonchev–Trinajstić information content (AvgIpc) is 2.66. The van der Waals surface area contributed by atoms with Crippen LogP contribution in [0.1, 0.15) is 26.3 Å². The molecular formula is C22H29N5O. The lowest BCUT2D eigenvalue weighted by molar-refractivity contribution is -0.0378. The first-order chi connectivity index (χ1) is 13.4. The molecule has 2 aliphatic rings. The number of nitrogens with zero attached hydrogens (tertiary/aromatic N) is 4. The molecule has 0 unspecified atom stereocenters. The van der Waals surface area contributed by atoms with Crippen LogP contribution in [0, 0.1) is 11.3 Å². The summed E-state index contributed by atoms with van der Waals surface area (Å²) in [6, 6.07) is 10.2. The van der Waals surface area contributed by atoms with Crippen molar-refractivity contribution >= 4 is 16.6 Å². The summed E-state index contributed by atoms with van der Waals surface area (Å²) in [5.74, 6) is 0. The minimum Gasteiger partial charge on any atom is -0.370 e. The van der Waals surface area contributed by atoms with Crippen LogP contribution in [-0.2, 0) is 4.74 Å². The number of aromatic nitrogens is 1. The first-order valence-electron chi connectivity index (χ1n) is 10.1. The van der Waals surface area contributed by atoms with Gasteiger partial charge in [0.1, 0.15) is 6.07 Å². The summed E-state index contributed by atoms with van der Waals surface area (Å²) < 4.78 is 6.29. The fourth-order valence-electron chi connectivity index (χ4n) is 4.56. The van der Waals surface area contributed by atoms with E-state index in [4.69, 9.17) is 4.74 Å². The molecule has 1 aromatic heterocycles. The Morgan fingerprint density at radius 2 is 2.18 bits per heavy atom. The highest BCUT2D eigenvalue weighted by molar-refractivity contribution is 5.95. The molecule has 28 heavy (non-hydrogen) atoms. The Hall–Kier alpha value is -2.20. The van der Waals surface area contributed by atoms with Gasteiger partial charge in [-0.15, -0.1) is 0 Å². The third-order valence-corrected chi connectivity index (χ3v) is 5.65. The largest absolute Gasteiger partial charge is 0.370 e. The standard InChI is InChI=1S/C22H29N5O/c1-16-12-27(14-18(28-16)13-26-10-9-25-22(2,3)15-26)20-7-6-17(11-23)21-19(20)5-4-8-24-21/h4-8,16,18,25H,9-10,12-15H2,1-3H3/t16-,18-/m1/s1. The number of nitriles is 1. The number of ether oxygens (including phenoxy) is 1. The van der Waals surface area contributed by atoms with E-state index >= 15 is 0 Å². The van der Waals surface area contributed by atoms with Gasteiger partial charge in [0.2, 0.25) is 0 Å². The van der Waals surface area contributed by atoms with E-state index < -0.39 is 0 Å². The average molecular weight is 380 g/mol. The van der Waals surface area contributed by atoms with Crippen LogP contribution in [0.25, 0.3) is 10.9 Å². The zero-order valence-electron chi connectivity index (χ0n) is 17.0. The van der Waals surface area contributed by atoms with Crippen molar-refractivity contribution in [3.8, 4) is 6.07 Å². The van der Waals surface area contributed by atoms with Crippen molar-refractivity contribution in [1.82, 2.24) is 15.2 Å². The number of morpholine rings is 1. The maximum atomic E-state index is 9.41. The van der Waals surface area contributed by atoms with Gasteiger partial charge in [-0.05, 0) is 45.0 Å². The number of pyridine rings is 1. The van der Waals surface area contributed by atoms with Crippen molar-refractivity contribution in [3.63, 3.8) is 0 Å². The summed E-state index contributed by atoms with van der Waals surface area (Å²) in [4.78, 5) is 9.37. The summed E-state index contributed by atoms with van der Waals surface area (Å²) >= 11 is 0. The van der Waals surface area contributed by atoms with Gasteiger partial charge in [0.25, 0.3) is 0 Å². The lowest BCUT2D eigenvalue weighted by Gasteiger charge is -2.44. The van der Waals surface area contributed by atoms with Crippen LogP contribution >= 0.6 is 0 Å². The van der Waals surface area contributed by atoms with E-state index in [9.17, 15) is 5.26 Å². The molecule has 0 bridgehead atoms. The Bertz CT molecular complexity index is 890. The zero-order valence-corrected chi connectivity index (χ0v) is 17.0. The lowest BCUT2D eigenvalue weighted by atomic mass is 10.0. The number of rotatable bonds is 3. The van der Waals surface area contributed by atoms with E-state index in [1.165, 1.54) is 0 Å². The molecule has 0 amide bonds. The van der Waals surface area contributed by atoms with Crippen LogP contribution in [0.3, 0.4) is 0 Å². The number of fused-ring (bicyclic) bond motifs is 1. The van der Waals surface area contributed by atoms with Crippen LogP contribution in [-0.4, -0.2) is 66.9 Å². The van der Waals surface area contributed by atoms with Gasteiger partial charge in [0.15, 0.2) is 0 Å². The second-order valence-electron chi connectivity index (χ2n) is 8.66.